The predicted octanol–water partition coefficient (Wildman–Crippen LogP) is 1.55. The Bertz CT molecular complexity index is 987. The van der Waals surface area contributed by atoms with Crippen LogP contribution in [0.25, 0.3) is 0 Å². The molecule has 2 amide bonds. The van der Waals surface area contributed by atoms with Crippen molar-refractivity contribution in [2.75, 3.05) is 18.1 Å². The Morgan fingerprint density at radius 3 is 2.50 bits per heavy atom. The van der Waals surface area contributed by atoms with Crippen molar-refractivity contribution in [1.29, 1.82) is 0 Å². The lowest BCUT2D eigenvalue weighted by Gasteiger charge is -2.28. The van der Waals surface area contributed by atoms with Crippen molar-refractivity contribution < 1.29 is 22.7 Å². The highest BCUT2D eigenvalue weighted by atomic mass is 32.2. The van der Waals surface area contributed by atoms with E-state index in [1.807, 2.05) is 13.8 Å². The van der Waals surface area contributed by atoms with Gasteiger partial charge in [0.2, 0.25) is 0 Å². The smallest absolute Gasteiger partial charge is 0.265 e. The number of hydrogen-bond acceptors (Lipinski definition) is 5. The van der Waals surface area contributed by atoms with Crippen molar-refractivity contribution in [1.82, 2.24) is 10.3 Å². The summed E-state index contributed by atoms with van der Waals surface area (Å²) in [7, 11) is -3.92. The monoisotopic (exact) mass is 403 g/mol. The van der Waals surface area contributed by atoms with E-state index in [2.05, 4.69) is 10.3 Å². The zero-order valence-electron chi connectivity index (χ0n) is 15.5. The molecule has 0 aromatic heterocycles. The van der Waals surface area contributed by atoms with Crippen LogP contribution in [-0.2, 0) is 19.6 Å². The quantitative estimate of drug-likeness (QED) is 0.712. The van der Waals surface area contributed by atoms with Gasteiger partial charge in [0.05, 0.1) is 10.6 Å². The molecule has 0 unspecified atom stereocenters. The van der Waals surface area contributed by atoms with Gasteiger partial charge in [-0.15, -0.1) is 4.83 Å². The number of anilines is 1. The van der Waals surface area contributed by atoms with Gasteiger partial charge in [-0.05, 0) is 35.7 Å². The van der Waals surface area contributed by atoms with Gasteiger partial charge in [0.15, 0.2) is 6.61 Å². The maximum absolute atomic E-state index is 12.3. The largest absolute Gasteiger partial charge is 0.482 e. The number of hydrazine groups is 1. The maximum Gasteiger partial charge on any atom is 0.265 e. The molecule has 28 heavy (non-hydrogen) atoms. The molecule has 0 saturated carbocycles. The predicted molar refractivity (Wildman–Crippen MR) is 103 cm³/mol. The minimum atomic E-state index is -3.92. The number of hydrogen-bond donors (Lipinski definition) is 2. The number of para-hydroxylation sites is 2. The lowest BCUT2D eigenvalue weighted by Crippen LogP contribution is -2.49. The van der Waals surface area contributed by atoms with Gasteiger partial charge in [0.25, 0.3) is 21.8 Å². The third-order valence-electron chi connectivity index (χ3n) is 4.29. The molecule has 2 aromatic carbocycles. The second-order valence-electron chi connectivity index (χ2n) is 6.61. The minimum absolute atomic E-state index is 0.0324. The van der Waals surface area contributed by atoms with Gasteiger partial charge in [0.1, 0.15) is 12.3 Å². The van der Waals surface area contributed by atoms with E-state index in [1.165, 1.54) is 17.0 Å². The number of rotatable bonds is 6. The zero-order valence-corrected chi connectivity index (χ0v) is 16.3. The van der Waals surface area contributed by atoms with E-state index in [4.69, 9.17) is 4.74 Å². The van der Waals surface area contributed by atoms with E-state index in [0.717, 1.165) is 5.56 Å². The van der Waals surface area contributed by atoms with Crippen LogP contribution in [0.3, 0.4) is 0 Å². The summed E-state index contributed by atoms with van der Waals surface area (Å²) in [5.41, 5.74) is 3.61. The normalized spacial score (nSPS) is 13.8. The van der Waals surface area contributed by atoms with Crippen LogP contribution in [0.15, 0.2) is 53.4 Å². The Morgan fingerprint density at radius 1 is 1.14 bits per heavy atom. The summed E-state index contributed by atoms with van der Waals surface area (Å²) in [5.74, 6) is -0.299. The van der Waals surface area contributed by atoms with Crippen molar-refractivity contribution in [2.24, 2.45) is 0 Å². The van der Waals surface area contributed by atoms with E-state index in [0.29, 0.717) is 11.4 Å². The van der Waals surface area contributed by atoms with Gasteiger partial charge in [0, 0.05) is 0 Å². The third-order valence-corrected chi connectivity index (χ3v) is 5.56. The molecule has 0 aliphatic carbocycles. The number of fused-ring (bicyclic) bond motifs is 1. The summed E-state index contributed by atoms with van der Waals surface area (Å²) in [6.45, 7) is 3.49. The Hall–Kier alpha value is -2.91. The molecule has 1 aliphatic rings. The van der Waals surface area contributed by atoms with Crippen LogP contribution in [-0.4, -0.2) is 33.4 Å². The lowest BCUT2D eigenvalue weighted by atomic mass is 10.0. The summed E-state index contributed by atoms with van der Waals surface area (Å²) in [4.78, 5) is 27.6. The van der Waals surface area contributed by atoms with Gasteiger partial charge < -0.3 is 4.74 Å². The molecule has 1 aliphatic heterocycles. The van der Waals surface area contributed by atoms with E-state index in [1.54, 1.807) is 36.4 Å². The lowest BCUT2D eigenvalue weighted by molar-refractivity contribution is -0.125. The highest BCUT2D eigenvalue weighted by molar-refractivity contribution is 7.89. The molecule has 0 spiro atoms. The van der Waals surface area contributed by atoms with Crippen LogP contribution < -0.4 is 19.9 Å². The number of sulfonamides is 1. The van der Waals surface area contributed by atoms with Crippen molar-refractivity contribution in [3.63, 3.8) is 0 Å². The number of nitrogens with zero attached hydrogens (tertiary/aromatic N) is 1. The summed E-state index contributed by atoms with van der Waals surface area (Å²) >= 11 is 0. The van der Waals surface area contributed by atoms with Gasteiger partial charge >= 0.3 is 0 Å². The molecule has 0 bridgehead atoms. The van der Waals surface area contributed by atoms with E-state index in [-0.39, 0.29) is 29.9 Å². The molecule has 2 aromatic rings. The summed E-state index contributed by atoms with van der Waals surface area (Å²) in [6, 6.07) is 13.2. The minimum Gasteiger partial charge on any atom is -0.482 e. The fraction of sp³-hybridized carbons (Fsp3) is 0.263. The molecular weight excluding hydrogens is 382 g/mol. The number of carbonyl (C=O) groups excluding carboxylic acids is 2. The number of amides is 2. The summed E-state index contributed by atoms with van der Waals surface area (Å²) in [5, 5.41) is 0. The van der Waals surface area contributed by atoms with Crippen LogP contribution in [0.4, 0.5) is 5.69 Å². The average Bonchev–Trinajstić information content (AvgIpc) is 2.69. The van der Waals surface area contributed by atoms with E-state index in [9.17, 15) is 18.0 Å². The molecule has 9 heteroatoms. The second kappa shape index (κ2) is 7.99. The highest BCUT2D eigenvalue weighted by Crippen LogP contribution is 2.31. The SMILES string of the molecule is CC(C)c1ccc(S(=O)(=O)NNC(=O)CN2C(=O)COc3ccccc32)cc1. The first-order valence-electron chi connectivity index (χ1n) is 8.71. The van der Waals surface area contributed by atoms with Gasteiger partial charge in [-0.3, -0.25) is 19.9 Å². The van der Waals surface area contributed by atoms with E-state index < -0.39 is 15.9 Å². The number of carbonyl (C=O) groups is 2. The standard InChI is InChI=1S/C19H21N3O5S/c1-13(2)14-7-9-15(10-8-14)28(25,26)21-20-18(23)11-22-16-5-3-4-6-17(16)27-12-19(22)24/h3-10,13,21H,11-12H2,1-2H3,(H,20,23). The highest BCUT2D eigenvalue weighted by Gasteiger charge is 2.27. The molecule has 0 fully saturated rings. The summed E-state index contributed by atoms with van der Waals surface area (Å²) < 4.78 is 30.0. The topological polar surface area (TPSA) is 105 Å². The Labute approximate surface area is 163 Å². The fourth-order valence-corrected chi connectivity index (χ4v) is 3.59. The molecule has 1 heterocycles. The van der Waals surface area contributed by atoms with E-state index >= 15 is 0 Å². The van der Waals surface area contributed by atoms with Crippen molar-refractivity contribution >= 4 is 27.5 Å². The third kappa shape index (κ3) is 4.32. The fourth-order valence-electron chi connectivity index (χ4n) is 2.73. The molecular formula is C19H21N3O5S. The molecule has 0 radical (unpaired) electrons. The van der Waals surface area contributed by atoms with Crippen molar-refractivity contribution in [3.8, 4) is 5.75 Å². The Kier molecular flexibility index (Phi) is 5.66. The molecule has 2 N–H and O–H groups in total. The first-order chi connectivity index (χ1) is 13.3. The van der Waals surface area contributed by atoms with Gasteiger partial charge in [-0.1, -0.05) is 38.1 Å². The molecule has 3 rings (SSSR count). The van der Waals surface area contributed by atoms with Gasteiger partial charge in [-0.25, -0.2) is 8.42 Å². The number of benzene rings is 2. The van der Waals surface area contributed by atoms with Crippen molar-refractivity contribution in [3.05, 3.63) is 54.1 Å². The van der Waals surface area contributed by atoms with Crippen LogP contribution in [0.2, 0.25) is 0 Å². The number of ether oxygens (including phenoxy) is 1. The average molecular weight is 403 g/mol. The van der Waals surface area contributed by atoms with Crippen LogP contribution in [0.5, 0.6) is 5.75 Å². The molecule has 8 nitrogen and oxygen atoms in total. The summed E-state index contributed by atoms with van der Waals surface area (Å²) in [6.07, 6.45) is 0. The molecule has 148 valence electrons. The van der Waals surface area contributed by atoms with Crippen molar-refractivity contribution in [2.45, 2.75) is 24.7 Å². The second-order valence-corrected chi connectivity index (χ2v) is 8.30. The van der Waals surface area contributed by atoms with Crippen LogP contribution in [0.1, 0.15) is 25.3 Å². The zero-order chi connectivity index (χ0) is 20.3. The molecule has 0 saturated heterocycles. The first-order valence-corrected chi connectivity index (χ1v) is 10.2. The molecule has 0 atom stereocenters. The van der Waals surface area contributed by atoms with Gasteiger partial charge in [-0.2, -0.15) is 0 Å². The first kappa shape index (κ1) is 19.8. The van der Waals surface area contributed by atoms with Crippen LogP contribution >= 0.6 is 0 Å². The number of nitrogens with one attached hydrogen (secondary N) is 2. The van der Waals surface area contributed by atoms with Crippen LogP contribution in [0, 0.1) is 0 Å². The maximum atomic E-state index is 12.3. The Balaban J connectivity index is 1.65. The Morgan fingerprint density at radius 2 is 1.82 bits per heavy atom.